The molecule has 6 nitrogen and oxygen atoms in total. The fourth-order valence-electron chi connectivity index (χ4n) is 1.63. The van der Waals surface area contributed by atoms with Crippen molar-refractivity contribution in [2.45, 2.75) is 20.3 Å². The van der Waals surface area contributed by atoms with Crippen molar-refractivity contribution in [1.82, 2.24) is 15.2 Å². The zero-order valence-electron chi connectivity index (χ0n) is 10.3. The number of nitrogens with one attached hydrogen (secondary N) is 2. The Morgan fingerprint density at radius 3 is 2.94 bits per heavy atom. The molecule has 0 atom stereocenters. The lowest BCUT2D eigenvalue weighted by atomic mass is 10.2. The van der Waals surface area contributed by atoms with Crippen LogP contribution in [-0.2, 0) is 6.42 Å². The molecule has 4 N–H and O–H groups in total. The topological polar surface area (TPSA) is 96.7 Å². The van der Waals surface area contributed by atoms with E-state index in [0.29, 0.717) is 17.8 Å². The third-order valence-corrected chi connectivity index (χ3v) is 2.71. The van der Waals surface area contributed by atoms with Crippen LogP contribution in [-0.4, -0.2) is 21.1 Å². The number of hydrogen-bond donors (Lipinski definition) is 3. The van der Waals surface area contributed by atoms with Crippen LogP contribution in [0.4, 0.5) is 11.4 Å². The number of H-pyrrole nitrogens is 1. The predicted molar refractivity (Wildman–Crippen MR) is 69.3 cm³/mol. The Bertz CT molecular complexity index is 576. The summed E-state index contributed by atoms with van der Waals surface area (Å²) in [5.74, 6) is -0.334. The largest absolute Gasteiger partial charge is 0.395 e. The predicted octanol–water partition coefficient (Wildman–Crippen LogP) is 1.51. The molecule has 2 aromatic heterocycles. The maximum atomic E-state index is 12.0. The Hall–Kier alpha value is -2.37. The molecule has 1 amide bonds. The van der Waals surface area contributed by atoms with E-state index in [1.807, 2.05) is 13.8 Å². The lowest BCUT2D eigenvalue weighted by molar-refractivity contribution is 0.102. The van der Waals surface area contributed by atoms with Gasteiger partial charge in [0, 0.05) is 6.20 Å². The van der Waals surface area contributed by atoms with Gasteiger partial charge in [0.05, 0.1) is 22.8 Å². The second-order valence-electron chi connectivity index (χ2n) is 3.91. The summed E-state index contributed by atoms with van der Waals surface area (Å²) in [5.41, 5.74) is 8.62. The van der Waals surface area contributed by atoms with E-state index in [-0.39, 0.29) is 11.6 Å². The van der Waals surface area contributed by atoms with Crippen LogP contribution >= 0.6 is 0 Å². The minimum absolute atomic E-state index is 0.218. The number of nitrogens with zero attached hydrogens (tertiary/aromatic N) is 2. The highest BCUT2D eigenvalue weighted by atomic mass is 16.2. The first-order chi connectivity index (χ1) is 8.63. The summed E-state index contributed by atoms with van der Waals surface area (Å²) in [6.07, 6.45) is 2.38. The highest BCUT2D eigenvalue weighted by Crippen LogP contribution is 2.17. The van der Waals surface area contributed by atoms with Gasteiger partial charge in [-0.25, -0.2) is 0 Å². The Morgan fingerprint density at radius 2 is 2.33 bits per heavy atom. The molecule has 0 saturated heterocycles. The first-order valence-electron chi connectivity index (χ1n) is 5.69. The van der Waals surface area contributed by atoms with Gasteiger partial charge < -0.3 is 11.1 Å². The van der Waals surface area contributed by atoms with E-state index in [2.05, 4.69) is 20.5 Å². The van der Waals surface area contributed by atoms with E-state index in [4.69, 9.17) is 5.73 Å². The molecule has 2 aromatic rings. The minimum atomic E-state index is -0.334. The molecule has 2 heterocycles. The molecule has 0 aliphatic heterocycles. The van der Waals surface area contributed by atoms with Crippen molar-refractivity contribution in [3.63, 3.8) is 0 Å². The molecule has 0 aliphatic rings. The minimum Gasteiger partial charge on any atom is -0.395 e. The van der Waals surface area contributed by atoms with E-state index >= 15 is 0 Å². The summed E-state index contributed by atoms with van der Waals surface area (Å²) < 4.78 is 0. The highest BCUT2D eigenvalue weighted by Gasteiger charge is 2.17. The summed E-state index contributed by atoms with van der Waals surface area (Å²) in [5, 5.41) is 9.42. The standard InChI is InChI=1S/C12H15N5O/c1-3-8-10(13)11(17-16-8)12(18)15-9-5-4-6-14-7(9)2/h4-6H,3,13H2,1-2H3,(H,15,18)(H,16,17). The first-order valence-corrected chi connectivity index (χ1v) is 5.69. The SMILES string of the molecule is CCc1[nH]nc(C(=O)Nc2cccnc2C)c1N. The van der Waals surface area contributed by atoms with Crippen molar-refractivity contribution in [2.75, 3.05) is 11.1 Å². The molecule has 0 saturated carbocycles. The van der Waals surface area contributed by atoms with Crippen molar-refractivity contribution in [2.24, 2.45) is 0 Å². The molecule has 94 valence electrons. The zero-order valence-corrected chi connectivity index (χ0v) is 10.3. The Morgan fingerprint density at radius 1 is 1.56 bits per heavy atom. The van der Waals surface area contributed by atoms with Gasteiger partial charge in [0.15, 0.2) is 5.69 Å². The van der Waals surface area contributed by atoms with E-state index in [0.717, 1.165) is 11.4 Å². The second kappa shape index (κ2) is 4.87. The molecule has 0 spiro atoms. The number of rotatable bonds is 3. The Labute approximate surface area is 105 Å². The van der Waals surface area contributed by atoms with Gasteiger partial charge in [-0.3, -0.25) is 14.9 Å². The molecular weight excluding hydrogens is 230 g/mol. The number of carbonyl (C=O) groups excluding carboxylic acids is 1. The Balaban J connectivity index is 2.22. The summed E-state index contributed by atoms with van der Waals surface area (Å²) in [6, 6.07) is 3.54. The third kappa shape index (κ3) is 2.17. The molecule has 18 heavy (non-hydrogen) atoms. The van der Waals surface area contributed by atoms with Crippen LogP contribution in [0.5, 0.6) is 0 Å². The zero-order chi connectivity index (χ0) is 13.1. The average Bonchev–Trinajstić information content (AvgIpc) is 2.73. The fraction of sp³-hybridized carbons (Fsp3) is 0.250. The van der Waals surface area contributed by atoms with Crippen molar-refractivity contribution in [3.05, 3.63) is 35.4 Å². The average molecular weight is 245 g/mol. The van der Waals surface area contributed by atoms with Crippen molar-refractivity contribution < 1.29 is 4.79 Å². The van der Waals surface area contributed by atoms with Gasteiger partial charge >= 0.3 is 0 Å². The van der Waals surface area contributed by atoms with Gasteiger partial charge in [-0.15, -0.1) is 0 Å². The van der Waals surface area contributed by atoms with Crippen molar-refractivity contribution in [1.29, 1.82) is 0 Å². The van der Waals surface area contributed by atoms with Gasteiger partial charge in [0.1, 0.15) is 0 Å². The number of pyridine rings is 1. The summed E-state index contributed by atoms with van der Waals surface area (Å²) in [4.78, 5) is 16.1. The summed E-state index contributed by atoms with van der Waals surface area (Å²) >= 11 is 0. The smallest absolute Gasteiger partial charge is 0.278 e. The van der Waals surface area contributed by atoms with Crippen LogP contribution in [0.25, 0.3) is 0 Å². The van der Waals surface area contributed by atoms with Crippen molar-refractivity contribution in [3.8, 4) is 0 Å². The number of anilines is 2. The van der Waals surface area contributed by atoms with Crippen LogP contribution in [0.2, 0.25) is 0 Å². The molecule has 2 rings (SSSR count). The number of hydrogen-bond acceptors (Lipinski definition) is 4. The molecular formula is C12H15N5O. The van der Waals surface area contributed by atoms with Crippen LogP contribution in [0.3, 0.4) is 0 Å². The van der Waals surface area contributed by atoms with Crippen molar-refractivity contribution >= 4 is 17.3 Å². The van der Waals surface area contributed by atoms with Gasteiger partial charge in [-0.05, 0) is 25.5 Å². The van der Waals surface area contributed by atoms with Crippen LogP contribution in [0, 0.1) is 6.92 Å². The number of nitrogens with two attached hydrogens (primary N) is 1. The second-order valence-corrected chi connectivity index (χ2v) is 3.91. The number of nitrogen functional groups attached to an aromatic ring is 1. The molecule has 0 radical (unpaired) electrons. The quantitative estimate of drug-likeness (QED) is 0.763. The molecule has 6 heteroatoms. The normalized spacial score (nSPS) is 10.3. The molecule has 0 fully saturated rings. The monoisotopic (exact) mass is 245 g/mol. The van der Waals surface area contributed by atoms with Crippen LogP contribution in [0.15, 0.2) is 18.3 Å². The molecule has 0 aliphatic carbocycles. The maximum Gasteiger partial charge on any atom is 0.278 e. The van der Waals surface area contributed by atoms with E-state index in [9.17, 15) is 4.79 Å². The molecule has 0 aromatic carbocycles. The maximum absolute atomic E-state index is 12.0. The fourth-order valence-corrected chi connectivity index (χ4v) is 1.63. The Kier molecular flexibility index (Phi) is 3.27. The first kappa shape index (κ1) is 12.1. The number of aromatic nitrogens is 3. The highest BCUT2D eigenvalue weighted by molar-refractivity contribution is 6.06. The van der Waals surface area contributed by atoms with Gasteiger partial charge in [-0.2, -0.15) is 5.10 Å². The molecule has 0 unspecified atom stereocenters. The number of amides is 1. The van der Waals surface area contributed by atoms with Gasteiger partial charge in [0.2, 0.25) is 0 Å². The number of aromatic amines is 1. The van der Waals surface area contributed by atoms with Crippen LogP contribution < -0.4 is 11.1 Å². The molecule has 0 bridgehead atoms. The van der Waals surface area contributed by atoms with E-state index in [1.54, 1.807) is 18.3 Å². The van der Waals surface area contributed by atoms with E-state index < -0.39 is 0 Å². The lowest BCUT2D eigenvalue weighted by Crippen LogP contribution is -2.15. The summed E-state index contributed by atoms with van der Waals surface area (Å²) in [6.45, 7) is 3.76. The van der Waals surface area contributed by atoms with Gasteiger partial charge in [0.25, 0.3) is 5.91 Å². The summed E-state index contributed by atoms with van der Waals surface area (Å²) in [7, 11) is 0. The lowest BCUT2D eigenvalue weighted by Gasteiger charge is -2.05. The number of aryl methyl sites for hydroxylation is 2. The van der Waals surface area contributed by atoms with Crippen LogP contribution in [0.1, 0.15) is 28.8 Å². The third-order valence-electron chi connectivity index (χ3n) is 2.71. The van der Waals surface area contributed by atoms with Gasteiger partial charge in [-0.1, -0.05) is 6.92 Å². The van der Waals surface area contributed by atoms with E-state index in [1.165, 1.54) is 0 Å². The number of carbonyl (C=O) groups is 1.